The van der Waals surface area contributed by atoms with Crippen molar-refractivity contribution in [2.75, 3.05) is 6.61 Å². The molecule has 1 N–H and O–H groups in total. The van der Waals surface area contributed by atoms with Gasteiger partial charge in [-0.2, -0.15) is 0 Å². The molecule has 0 atom stereocenters. The van der Waals surface area contributed by atoms with E-state index in [2.05, 4.69) is 10.3 Å². The maximum Gasteiger partial charge on any atom is 0.163 e. The van der Waals surface area contributed by atoms with Crippen LogP contribution in [0.2, 0.25) is 10.0 Å². The lowest BCUT2D eigenvalue weighted by molar-refractivity contribution is 0.269. The Labute approximate surface area is 175 Å². The van der Waals surface area contributed by atoms with Crippen molar-refractivity contribution in [2.45, 2.75) is 26.6 Å². The van der Waals surface area contributed by atoms with E-state index in [1.54, 1.807) is 6.20 Å². The van der Waals surface area contributed by atoms with Crippen LogP contribution in [0.5, 0.6) is 11.5 Å². The van der Waals surface area contributed by atoms with Gasteiger partial charge in [-0.15, -0.1) is 0 Å². The summed E-state index contributed by atoms with van der Waals surface area (Å²) in [4.78, 5) is 4.12. The van der Waals surface area contributed by atoms with Crippen LogP contribution in [0.15, 0.2) is 60.9 Å². The van der Waals surface area contributed by atoms with Gasteiger partial charge in [0.2, 0.25) is 0 Å². The molecule has 0 unspecified atom stereocenters. The number of ether oxygens (including phenoxy) is 2. The molecule has 0 fully saturated rings. The van der Waals surface area contributed by atoms with Crippen molar-refractivity contribution in [1.29, 1.82) is 0 Å². The molecule has 2 aromatic carbocycles. The van der Waals surface area contributed by atoms with Gasteiger partial charge in [0.05, 0.1) is 6.61 Å². The SMILES string of the molecule is CCOc1cc(CNCc2cccnc2)c(Cl)cc1OCc1ccc(Cl)cc1. The monoisotopic (exact) mass is 416 g/mol. The minimum Gasteiger partial charge on any atom is -0.490 e. The van der Waals surface area contributed by atoms with E-state index < -0.39 is 0 Å². The first-order chi connectivity index (χ1) is 13.7. The Bertz CT molecular complexity index is 887. The first-order valence-corrected chi connectivity index (χ1v) is 9.83. The molecule has 0 spiro atoms. The Balaban J connectivity index is 1.67. The van der Waals surface area contributed by atoms with Gasteiger partial charge in [-0.05, 0) is 47.9 Å². The first-order valence-electron chi connectivity index (χ1n) is 9.07. The van der Waals surface area contributed by atoms with Crippen molar-refractivity contribution in [3.63, 3.8) is 0 Å². The minimum atomic E-state index is 0.409. The fraction of sp³-hybridized carbons (Fsp3) is 0.227. The van der Waals surface area contributed by atoms with Crippen LogP contribution in [0.25, 0.3) is 0 Å². The van der Waals surface area contributed by atoms with Crippen molar-refractivity contribution in [3.05, 3.63) is 87.7 Å². The highest BCUT2D eigenvalue weighted by atomic mass is 35.5. The van der Waals surface area contributed by atoms with E-state index in [4.69, 9.17) is 32.7 Å². The molecule has 0 aliphatic carbocycles. The fourth-order valence-corrected chi connectivity index (χ4v) is 3.03. The smallest absolute Gasteiger partial charge is 0.163 e. The second-order valence-electron chi connectivity index (χ2n) is 6.20. The third kappa shape index (κ3) is 5.86. The normalized spacial score (nSPS) is 10.7. The Hall–Kier alpha value is -2.27. The third-order valence-corrected chi connectivity index (χ3v) is 4.69. The molecule has 3 rings (SSSR count). The van der Waals surface area contributed by atoms with E-state index in [-0.39, 0.29) is 0 Å². The lowest BCUT2D eigenvalue weighted by Gasteiger charge is -2.15. The van der Waals surface area contributed by atoms with Crippen molar-refractivity contribution in [2.24, 2.45) is 0 Å². The average molecular weight is 417 g/mol. The van der Waals surface area contributed by atoms with E-state index in [0.717, 1.165) is 16.7 Å². The van der Waals surface area contributed by atoms with Crippen molar-refractivity contribution >= 4 is 23.2 Å². The Morgan fingerprint density at radius 1 is 0.929 bits per heavy atom. The molecule has 0 saturated carbocycles. The van der Waals surface area contributed by atoms with Crippen molar-refractivity contribution in [3.8, 4) is 11.5 Å². The maximum absolute atomic E-state index is 6.48. The van der Waals surface area contributed by atoms with Gasteiger partial charge in [-0.25, -0.2) is 0 Å². The highest BCUT2D eigenvalue weighted by molar-refractivity contribution is 6.31. The molecule has 0 bridgehead atoms. The number of aromatic nitrogens is 1. The van der Waals surface area contributed by atoms with Crippen LogP contribution in [-0.4, -0.2) is 11.6 Å². The van der Waals surface area contributed by atoms with E-state index in [0.29, 0.717) is 47.8 Å². The number of nitrogens with zero attached hydrogens (tertiary/aromatic N) is 1. The lowest BCUT2D eigenvalue weighted by Crippen LogP contribution is -2.13. The summed E-state index contributed by atoms with van der Waals surface area (Å²) in [5.74, 6) is 1.30. The number of hydrogen-bond donors (Lipinski definition) is 1. The molecular formula is C22H22Cl2N2O2. The zero-order chi connectivity index (χ0) is 19.8. The molecule has 146 valence electrons. The average Bonchev–Trinajstić information content (AvgIpc) is 2.71. The number of hydrogen-bond acceptors (Lipinski definition) is 4. The van der Waals surface area contributed by atoms with Gasteiger partial charge < -0.3 is 14.8 Å². The quantitative estimate of drug-likeness (QED) is 0.488. The highest BCUT2D eigenvalue weighted by Gasteiger charge is 2.12. The second-order valence-corrected chi connectivity index (χ2v) is 7.05. The second kappa shape index (κ2) is 10.3. The molecule has 0 aliphatic rings. The summed E-state index contributed by atoms with van der Waals surface area (Å²) in [7, 11) is 0. The maximum atomic E-state index is 6.48. The van der Waals surface area contributed by atoms with Gasteiger partial charge in [0.15, 0.2) is 11.5 Å². The first kappa shape index (κ1) is 20.5. The molecule has 0 saturated heterocycles. The number of halogens is 2. The van der Waals surface area contributed by atoms with Gasteiger partial charge in [0.1, 0.15) is 6.61 Å². The zero-order valence-corrected chi connectivity index (χ0v) is 17.1. The summed E-state index contributed by atoms with van der Waals surface area (Å²) in [6.45, 7) is 4.22. The molecule has 0 radical (unpaired) electrons. The van der Waals surface area contributed by atoms with Crippen LogP contribution in [0.1, 0.15) is 23.6 Å². The van der Waals surface area contributed by atoms with Crippen LogP contribution in [0.3, 0.4) is 0 Å². The fourth-order valence-electron chi connectivity index (χ4n) is 2.68. The summed E-state index contributed by atoms with van der Waals surface area (Å²) >= 11 is 12.4. The van der Waals surface area contributed by atoms with Gasteiger partial charge in [-0.1, -0.05) is 41.4 Å². The molecule has 28 heavy (non-hydrogen) atoms. The van der Waals surface area contributed by atoms with E-state index >= 15 is 0 Å². The summed E-state index contributed by atoms with van der Waals surface area (Å²) in [6, 6.07) is 15.2. The minimum absolute atomic E-state index is 0.409. The largest absolute Gasteiger partial charge is 0.490 e. The third-order valence-electron chi connectivity index (χ3n) is 4.09. The van der Waals surface area contributed by atoms with Crippen LogP contribution < -0.4 is 14.8 Å². The molecule has 0 amide bonds. The molecule has 1 aromatic heterocycles. The van der Waals surface area contributed by atoms with Crippen molar-refractivity contribution in [1.82, 2.24) is 10.3 Å². The Morgan fingerprint density at radius 3 is 2.43 bits per heavy atom. The number of rotatable bonds is 9. The molecule has 4 nitrogen and oxygen atoms in total. The molecule has 0 aliphatic heterocycles. The number of pyridine rings is 1. The van der Waals surface area contributed by atoms with E-state index in [9.17, 15) is 0 Å². The predicted molar refractivity (Wildman–Crippen MR) is 113 cm³/mol. The molecular weight excluding hydrogens is 395 g/mol. The summed E-state index contributed by atoms with van der Waals surface area (Å²) in [6.07, 6.45) is 3.60. The number of benzene rings is 2. The van der Waals surface area contributed by atoms with Crippen LogP contribution in [0, 0.1) is 0 Å². The molecule has 6 heteroatoms. The topological polar surface area (TPSA) is 43.4 Å². The zero-order valence-electron chi connectivity index (χ0n) is 15.6. The highest BCUT2D eigenvalue weighted by Crippen LogP contribution is 2.34. The van der Waals surface area contributed by atoms with Crippen LogP contribution in [-0.2, 0) is 19.7 Å². The lowest BCUT2D eigenvalue weighted by atomic mass is 10.2. The standard InChI is InChI=1S/C22H22Cl2N2O2/c1-2-27-21-10-18(14-26-13-17-4-3-9-25-12-17)20(24)11-22(21)28-15-16-5-7-19(23)8-6-16/h3-12,26H,2,13-15H2,1H3. The van der Waals surface area contributed by atoms with Gasteiger partial charge in [-0.3, -0.25) is 4.98 Å². The van der Waals surface area contributed by atoms with Gasteiger partial charge >= 0.3 is 0 Å². The van der Waals surface area contributed by atoms with Gasteiger partial charge in [0, 0.05) is 41.6 Å². The summed E-state index contributed by atoms with van der Waals surface area (Å²) in [5, 5.41) is 4.71. The van der Waals surface area contributed by atoms with Crippen LogP contribution in [0.4, 0.5) is 0 Å². The molecule has 1 heterocycles. The molecule has 3 aromatic rings. The summed E-state index contributed by atoms with van der Waals surface area (Å²) in [5.41, 5.74) is 3.09. The van der Waals surface area contributed by atoms with E-state index in [1.165, 1.54) is 0 Å². The van der Waals surface area contributed by atoms with E-state index in [1.807, 2.05) is 61.7 Å². The van der Waals surface area contributed by atoms with Crippen LogP contribution >= 0.6 is 23.2 Å². The Kier molecular flexibility index (Phi) is 7.54. The van der Waals surface area contributed by atoms with Crippen molar-refractivity contribution < 1.29 is 9.47 Å². The summed E-state index contributed by atoms with van der Waals surface area (Å²) < 4.78 is 11.7. The van der Waals surface area contributed by atoms with Gasteiger partial charge in [0.25, 0.3) is 0 Å². The Morgan fingerprint density at radius 2 is 1.71 bits per heavy atom. The predicted octanol–water partition coefficient (Wildman–Crippen LogP) is 5.66. The number of nitrogens with one attached hydrogen (secondary N) is 1.